The number of hydrogen-bond donors (Lipinski definition) is 2. The number of ether oxygens (including phenoxy) is 1. The Morgan fingerprint density at radius 2 is 2.10 bits per heavy atom. The van der Waals surface area contributed by atoms with Crippen molar-refractivity contribution in [1.29, 1.82) is 0 Å². The fourth-order valence-corrected chi connectivity index (χ4v) is 3.35. The van der Waals surface area contributed by atoms with Crippen LogP contribution in [0.2, 0.25) is 0 Å². The molecule has 116 valence electrons. The Bertz CT molecular complexity index is 491. The van der Waals surface area contributed by atoms with Crippen LogP contribution < -0.4 is 11.1 Å². The molecule has 1 aromatic rings. The molecule has 0 atom stereocenters. The van der Waals surface area contributed by atoms with Crippen LogP contribution in [0.4, 0.5) is 0 Å². The Hall–Kier alpha value is -0.180. The second kappa shape index (κ2) is 8.45. The van der Waals surface area contributed by atoms with Crippen molar-refractivity contribution in [3.63, 3.8) is 0 Å². The van der Waals surface area contributed by atoms with Crippen LogP contribution in [0.5, 0.6) is 0 Å². The largest absolute Gasteiger partial charge is 0.376 e. The molecule has 0 spiro atoms. The third-order valence-electron chi connectivity index (χ3n) is 3.63. The molecule has 0 aromatic heterocycles. The Kier molecular flexibility index (Phi) is 6.91. The average molecular weight is 467 g/mol. The minimum absolute atomic E-state index is 0.0602. The molecule has 21 heavy (non-hydrogen) atoms. The van der Waals surface area contributed by atoms with Crippen LogP contribution in [0.25, 0.3) is 0 Å². The number of amides is 1. The third-order valence-corrected chi connectivity index (χ3v) is 5.07. The van der Waals surface area contributed by atoms with Gasteiger partial charge in [-0.05, 0) is 66.5 Å². The number of carbonyl (C=O) groups is 1. The Morgan fingerprint density at radius 1 is 1.38 bits per heavy atom. The van der Waals surface area contributed by atoms with Crippen LogP contribution >= 0.6 is 38.5 Å². The fourth-order valence-electron chi connectivity index (χ4n) is 2.41. The zero-order chi connectivity index (χ0) is 15.2. The summed E-state index contributed by atoms with van der Waals surface area (Å²) in [5.74, 6) is -0.0602. The van der Waals surface area contributed by atoms with Gasteiger partial charge in [-0.2, -0.15) is 0 Å². The number of halogens is 2. The molecule has 6 heteroatoms. The van der Waals surface area contributed by atoms with Crippen molar-refractivity contribution in [2.45, 2.75) is 37.8 Å². The fraction of sp³-hybridized carbons (Fsp3) is 0.533. The van der Waals surface area contributed by atoms with Crippen LogP contribution in [0.3, 0.4) is 0 Å². The maximum Gasteiger partial charge on any atom is 0.252 e. The molecule has 3 N–H and O–H groups in total. The van der Waals surface area contributed by atoms with Gasteiger partial charge in [-0.25, -0.2) is 0 Å². The van der Waals surface area contributed by atoms with Crippen LogP contribution in [0, 0.1) is 3.57 Å². The summed E-state index contributed by atoms with van der Waals surface area (Å²) in [5, 5.41) is 2.90. The van der Waals surface area contributed by atoms with E-state index in [0.29, 0.717) is 30.9 Å². The molecule has 1 amide bonds. The molecule has 0 unspecified atom stereocenters. The number of hydrogen-bond acceptors (Lipinski definition) is 3. The van der Waals surface area contributed by atoms with Gasteiger partial charge in [-0.3, -0.25) is 4.79 Å². The van der Waals surface area contributed by atoms with Gasteiger partial charge in [0.25, 0.3) is 5.91 Å². The van der Waals surface area contributed by atoms with E-state index in [9.17, 15) is 4.79 Å². The van der Waals surface area contributed by atoms with Crippen molar-refractivity contribution in [3.05, 3.63) is 31.8 Å². The Morgan fingerprint density at radius 3 is 2.81 bits per heavy atom. The first kappa shape index (κ1) is 17.2. The molecule has 2 rings (SSSR count). The lowest BCUT2D eigenvalue weighted by Crippen LogP contribution is -2.33. The summed E-state index contributed by atoms with van der Waals surface area (Å²) in [5.41, 5.74) is 6.55. The highest BCUT2D eigenvalue weighted by atomic mass is 127. The van der Waals surface area contributed by atoms with Gasteiger partial charge in [0.05, 0.1) is 18.3 Å². The van der Waals surface area contributed by atoms with Gasteiger partial charge >= 0.3 is 0 Å². The summed E-state index contributed by atoms with van der Waals surface area (Å²) in [6.45, 7) is 1.08. The van der Waals surface area contributed by atoms with Gasteiger partial charge in [0, 0.05) is 20.6 Å². The summed E-state index contributed by atoms with van der Waals surface area (Å²) < 4.78 is 7.64. The van der Waals surface area contributed by atoms with E-state index in [4.69, 9.17) is 10.5 Å². The van der Waals surface area contributed by atoms with Crippen LogP contribution in [-0.2, 0) is 4.74 Å². The molecule has 4 nitrogen and oxygen atoms in total. The van der Waals surface area contributed by atoms with Crippen LogP contribution in [-0.4, -0.2) is 31.2 Å². The van der Waals surface area contributed by atoms with E-state index < -0.39 is 0 Å². The predicted octanol–water partition coefficient (Wildman–Crippen LogP) is 3.07. The van der Waals surface area contributed by atoms with Crippen LogP contribution in [0.1, 0.15) is 36.0 Å². The molecule has 1 aromatic carbocycles. The summed E-state index contributed by atoms with van der Waals surface area (Å²) in [7, 11) is 0. The number of rotatable bonds is 5. The SMILES string of the molecule is NC1CCC(OCCNC(=O)c2cc(Br)ccc2I)CC1. The monoisotopic (exact) mass is 466 g/mol. The second-order valence-electron chi connectivity index (χ2n) is 5.29. The van der Waals surface area contributed by atoms with Crippen molar-refractivity contribution >= 4 is 44.4 Å². The lowest BCUT2D eigenvalue weighted by atomic mass is 9.94. The normalized spacial score (nSPS) is 22.0. The maximum atomic E-state index is 12.1. The third kappa shape index (κ3) is 5.50. The first-order valence-electron chi connectivity index (χ1n) is 7.16. The van der Waals surface area contributed by atoms with E-state index in [-0.39, 0.29) is 5.91 Å². The topological polar surface area (TPSA) is 64.3 Å². The molecule has 0 bridgehead atoms. The van der Waals surface area contributed by atoms with Gasteiger partial charge in [0.1, 0.15) is 0 Å². The second-order valence-corrected chi connectivity index (χ2v) is 7.37. The molecule has 1 aliphatic carbocycles. The minimum atomic E-state index is -0.0602. The Balaban J connectivity index is 1.71. The van der Waals surface area contributed by atoms with Gasteiger partial charge < -0.3 is 15.8 Å². The summed E-state index contributed by atoms with van der Waals surface area (Å²) in [6, 6.07) is 6.01. The van der Waals surface area contributed by atoms with Crippen molar-refractivity contribution in [1.82, 2.24) is 5.32 Å². The molecule has 1 saturated carbocycles. The number of carbonyl (C=O) groups excluding carboxylic acids is 1. The summed E-state index contributed by atoms with van der Waals surface area (Å²) >= 11 is 5.55. The maximum absolute atomic E-state index is 12.1. The van der Waals surface area contributed by atoms with Gasteiger partial charge in [0.2, 0.25) is 0 Å². The highest BCUT2D eigenvalue weighted by molar-refractivity contribution is 14.1. The zero-order valence-corrected chi connectivity index (χ0v) is 15.5. The first-order chi connectivity index (χ1) is 10.1. The van der Waals surface area contributed by atoms with Crippen molar-refractivity contribution in [2.24, 2.45) is 5.73 Å². The van der Waals surface area contributed by atoms with Crippen LogP contribution in [0.15, 0.2) is 22.7 Å². The molecule has 0 radical (unpaired) electrons. The number of nitrogens with one attached hydrogen (secondary N) is 1. The minimum Gasteiger partial charge on any atom is -0.376 e. The molecule has 0 aliphatic heterocycles. The van der Waals surface area contributed by atoms with Crippen molar-refractivity contribution in [3.8, 4) is 0 Å². The van der Waals surface area contributed by atoms with Gasteiger partial charge in [-0.1, -0.05) is 15.9 Å². The summed E-state index contributed by atoms with van der Waals surface area (Å²) in [4.78, 5) is 12.1. The molecular weight excluding hydrogens is 447 g/mol. The van der Waals surface area contributed by atoms with E-state index in [1.807, 2.05) is 18.2 Å². The number of benzene rings is 1. The first-order valence-corrected chi connectivity index (χ1v) is 9.04. The van der Waals surface area contributed by atoms with E-state index in [0.717, 1.165) is 33.7 Å². The van der Waals surface area contributed by atoms with E-state index in [1.165, 1.54) is 0 Å². The highest BCUT2D eigenvalue weighted by Crippen LogP contribution is 2.20. The van der Waals surface area contributed by atoms with E-state index >= 15 is 0 Å². The van der Waals surface area contributed by atoms with E-state index in [2.05, 4.69) is 43.8 Å². The smallest absolute Gasteiger partial charge is 0.252 e. The molecule has 1 aliphatic rings. The molecule has 1 fully saturated rings. The molecule has 0 saturated heterocycles. The van der Waals surface area contributed by atoms with Gasteiger partial charge in [0.15, 0.2) is 0 Å². The quantitative estimate of drug-likeness (QED) is 0.517. The average Bonchev–Trinajstić information content (AvgIpc) is 2.47. The zero-order valence-electron chi connectivity index (χ0n) is 11.8. The van der Waals surface area contributed by atoms with Gasteiger partial charge in [-0.15, -0.1) is 0 Å². The lowest BCUT2D eigenvalue weighted by molar-refractivity contribution is 0.0267. The Labute approximate surface area is 147 Å². The predicted molar refractivity (Wildman–Crippen MR) is 95.4 cm³/mol. The lowest BCUT2D eigenvalue weighted by Gasteiger charge is -2.26. The standard InChI is InChI=1S/C15H20BrIN2O2/c16-10-1-6-14(17)13(9-10)15(20)19-7-8-21-12-4-2-11(18)3-5-12/h1,6,9,11-12H,2-5,7-8,18H2,(H,19,20). The van der Waals surface area contributed by atoms with E-state index in [1.54, 1.807) is 0 Å². The molecule has 0 heterocycles. The number of nitrogens with two attached hydrogens (primary N) is 1. The van der Waals surface area contributed by atoms with Crippen molar-refractivity contribution in [2.75, 3.05) is 13.2 Å². The van der Waals surface area contributed by atoms with Crippen molar-refractivity contribution < 1.29 is 9.53 Å². The summed E-state index contributed by atoms with van der Waals surface area (Å²) in [6.07, 6.45) is 4.42. The molecular formula is C15H20BrIN2O2. The highest BCUT2D eigenvalue weighted by Gasteiger charge is 2.18.